The van der Waals surface area contributed by atoms with E-state index in [9.17, 15) is 9.59 Å². The summed E-state index contributed by atoms with van der Waals surface area (Å²) in [6.07, 6.45) is 1.69. The fourth-order valence-electron chi connectivity index (χ4n) is 3.54. The van der Waals surface area contributed by atoms with Gasteiger partial charge in [0, 0.05) is 24.8 Å². The zero-order valence-electron chi connectivity index (χ0n) is 15.4. The number of carbonyl (C=O) groups excluding carboxylic acids is 1. The first-order valence-electron chi connectivity index (χ1n) is 9.04. The summed E-state index contributed by atoms with van der Waals surface area (Å²) in [4.78, 5) is 32.5. The van der Waals surface area contributed by atoms with E-state index in [1.807, 2.05) is 26.0 Å². The van der Waals surface area contributed by atoms with Crippen molar-refractivity contribution < 1.29 is 14.1 Å². The number of carbonyl (C=O) groups is 1. The van der Waals surface area contributed by atoms with Gasteiger partial charge in [0.2, 0.25) is 11.5 Å². The predicted molar refractivity (Wildman–Crippen MR) is 101 cm³/mol. The van der Waals surface area contributed by atoms with Crippen molar-refractivity contribution in [3.8, 4) is 0 Å². The van der Waals surface area contributed by atoms with Crippen molar-refractivity contribution in [2.45, 2.75) is 20.4 Å². The van der Waals surface area contributed by atoms with Crippen LogP contribution in [-0.2, 0) is 11.3 Å². The van der Waals surface area contributed by atoms with Crippen LogP contribution in [0.15, 0.2) is 29.2 Å². The number of hydrogen-bond donors (Lipinski definition) is 1. The Morgan fingerprint density at radius 1 is 1.37 bits per heavy atom. The maximum Gasteiger partial charge on any atom is 0.278 e. The van der Waals surface area contributed by atoms with Crippen LogP contribution in [0, 0.1) is 6.92 Å². The number of ether oxygens (including phenoxy) is 1. The van der Waals surface area contributed by atoms with Gasteiger partial charge in [-0.05, 0) is 26.0 Å². The van der Waals surface area contributed by atoms with Crippen LogP contribution in [0.5, 0.6) is 0 Å². The molecule has 8 nitrogen and oxygen atoms in total. The van der Waals surface area contributed by atoms with Crippen LogP contribution < -0.4 is 15.9 Å². The van der Waals surface area contributed by atoms with Gasteiger partial charge in [0.25, 0.3) is 17.1 Å². The van der Waals surface area contributed by atoms with Crippen molar-refractivity contribution in [2.75, 3.05) is 32.0 Å². The Bertz CT molecular complexity index is 1120. The number of hydrogen-bond acceptors (Lipinski definition) is 5. The molecule has 27 heavy (non-hydrogen) atoms. The molecular weight excluding hydrogens is 346 g/mol. The topological polar surface area (TPSA) is 93.8 Å². The lowest BCUT2D eigenvalue weighted by Gasteiger charge is -2.27. The van der Waals surface area contributed by atoms with E-state index in [2.05, 4.69) is 4.98 Å². The molecule has 3 aromatic heterocycles. The number of morpholine rings is 1. The molecule has 8 heteroatoms. The van der Waals surface area contributed by atoms with E-state index >= 15 is 0 Å². The van der Waals surface area contributed by atoms with E-state index in [-0.39, 0.29) is 11.5 Å². The molecular formula is C19H22N5O3+. The van der Waals surface area contributed by atoms with Crippen molar-refractivity contribution in [3.05, 3.63) is 45.9 Å². The molecule has 140 valence electrons. The smallest absolute Gasteiger partial charge is 0.278 e. The zero-order chi connectivity index (χ0) is 19.1. The molecule has 4 rings (SSSR count). The number of fused-ring (bicyclic) bond motifs is 2. The first kappa shape index (κ1) is 17.4. The molecule has 0 saturated carbocycles. The molecule has 4 heterocycles. The molecule has 0 atom stereocenters. The van der Waals surface area contributed by atoms with Gasteiger partial charge in [-0.1, -0.05) is 11.1 Å². The molecule has 3 aromatic rings. The van der Waals surface area contributed by atoms with Crippen LogP contribution >= 0.6 is 0 Å². The number of nitrogen functional groups attached to an aromatic ring is 1. The van der Waals surface area contributed by atoms with Gasteiger partial charge in [-0.25, -0.2) is 4.57 Å². The molecule has 0 spiro atoms. The molecule has 0 radical (unpaired) electrons. The SMILES string of the molecule is CC[n+]1c(N)c(C(=O)N2CCOCC2)cc2c(=O)n3cccc(C)c3nc21. The lowest BCUT2D eigenvalue weighted by molar-refractivity contribution is -0.655. The molecule has 1 aliphatic heterocycles. The van der Waals surface area contributed by atoms with Crippen LogP contribution in [0.1, 0.15) is 22.8 Å². The maximum absolute atomic E-state index is 13.1. The number of rotatable bonds is 2. The Hall–Kier alpha value is -3.00. The summed E-state index contributed by atoms with van der Waals surface area (Å²) < 4.78 is 8.56. The van der Waals surface area contributed by atoms with Gasteiger partial charge in [0.05, 0.1) is 19.8 Å². The van der Waals surface area contributed by atoms with E-state index in [4.69, 9.17) is 10.5 Å². The minimum Gasteiger partial charge on any atom is -0.378 e. The quantitative estimate of drug-likeness (QED) is 0.526. The highest BCUT2D eigenvalue weighted by atomic mass is 16.5. The standard InChI is InChI=1S/C19H21N5O3/c1-3-23-15(20)13(18(25)22-7-9-27-10-8-22)11-14-17(23)21-16-12(2)5-4-6-24(16)19(14)26/h4-6,11,20H,3,7-10H2,1-2H3/p+1. The first-order chi connectivity index (χ1) is 13.0. The van der Waals surface area contributed by atoms with Gasteiger partial charge >= 0.3 is 0 Å². The lowest BCUT2D eigenvalue weighted by atomic mass is 10.1. The van der Waals surface area contributed by atoms with Gasteiger partial charge in [-0.3, -0.25) is 14.0 Å². The zero-order valence-corrected chi connectivity index (χ0v) is 15.4. The summed E-state index contributed by atoms with van der Waals surface area (Å²) in [6.45, 7) is 6.35. The number of nitrogens with zero attached hydrogens (tertiary/aromatic N) is 4. The van der Waals surface area contributed by atoms with Crippen LogP contribution in [-0.4, -0.2) is 46.5 Å². The fraction of sp³-hybridized carbons (Fsp3) is 0.368. The normalized spacial score (nSPS) is 14.8. The largest absolute Gasteiger partial charge is 0.378 e. The van der Waals surface area contributed by atoms with Crippen molar-refractivity contribution in [2.24, 2.45) is 0 Å². The van der Waals surface area contributed by atoms with E-state index in [0.29, 0.717) is 60.9 Å². The maximum atomic E-state index is 13.1. The second-order valence-corrected chi connectivity index (χ2v) is 6.63. The van der Waals surface area contributed by atoms with Crippen LogP contribution in [0.3, 0.4) is 0 Å². The molecule has 0 aliphatic carbocycles. The van der Waals surface area contributed by atoms with Crippen LogP contribution in [0.4, 0.5) is 5.82 Å². The Kier molecular flexibility index (Phi) is 4.27. The van der Waals surface area contributed by atoms with Crippen molar-refractivity contribution >= 4 is 28.4 Å². The van der Waals surface area contributed by atoms with Crippen LogP contribution in [0.25, 0.3) is 16.7 Å². The molecule has 0 unspecified atom stereocenters. The average Bonchev–Trinajstić information content (AvgIpc) is 2.69. The molecule has 1 aliphatic rings. The third-order valence-electron chi connectivity index (χ3n) is 5.02. The van der Waals surface area contributed by atoms with E-state index < -0.39 is 0 Å². The highest BCUT2D eigenvalue weighted by molar-refractivity contribution is 6.00. The molecule has 2 N–H and O–H groups in total. The summed E-state index contributed by atoms with van der Waals surface area (Å²) in [5.74, 6) is 0.139. The number of pyridine rings is 2. The highest BCUT2D eigenvalue weighted by Crippen LogP contribution is 2.18. The Morgan fingerprint density at radius 2 is 2.11 bits per heavy atom. The molecule has 1 saturated heterocycles. The first-order valence-corrected chi connectivity index (χ1v) is 9.04. The molecule has 1 fully saturated rings. The van der Waals surface area contributed by atoms with Gasteiger partial charge < -0.3 is 15.4 Å². The second kappa shape index (κ2) is 6.62. The summed E-state index contributed by atoms with van der Waals surface area (Å²) in [5, 5.41) is 0.380. The molecule has 0 aromatic carbocycles. The summed E-state index contributed by atoms with van der Waals surface area (Å²) in [7, 11) is 0. The van der Waals surface area contributed by atoms with E-state index in [1.54, 1.807) is 21.7 Å². The number of aromatic nitrogens is 3. The van der Waals surface area contributed by atoms with Gasteiger partial charge in [-0.2, -0.15) is 0 Å². The Balaban J connectivity index is 2.01. The van der Waals surface area contributed by atoms with Crippen molar-refractivity contribution in [3.63, 3.8) is 0 Å². The van der Waals surface area contributed by atoms with Gasteiger partial charge in [0.15, 0.2) is 0 Å². The highest BCUT2D eigenvalue weighted by Gasteiger charge is 2.27. The summed E-state index contributed by atoms with van der Waals surface area (Å²) in [5.41, 5.74) is 8.43. The molecule has 1 amide bonds. The second-order valence-electron chi connectivity index (χ2n) is 6.63. The summed E-state index contributed by atoms with van der Waals surface area (Å²) in [6, 6.07) is 5.30. The Morgan fingerprint density at radius 3 is 2.81 bits per heavy atom. The minimum absolute atomic E-state index is 0.186. The number of nitrogens with two attached hydrogens (primary N) is 1. The third-order valence-corrected chi connectivity index (χ3v) is 5.02. The number of aryl methyl sites for hydroxylation is 2. The monoisotopic (exact) mass is 368 g/mol. The third kappa shape index (κ3) is 2.73. The predicted octanol–water partition coefficient (Wildman–Crippen LogP) is 0.518. The van der Waals surface area contributed by atoms with Crippen molar-refractivity contribution in [1.29, 1.82) is 0 Å². The average molecular weight is 368 g/mol. The van der Waals surface area contributed by atoms with E-state index in [0.717, 1.165) is 5.56 Å². The van der Waals surface area contributed by atoms with E-state index in [1.165, 1.54) is 4.40 Å². The van der Waals surface area contributed by atoms with Crippen molar-refractivity contribution in [1.82, 2.24) is 14.3 Å². The number of anilines is 1. The fourth-order valence-corrected chi connectivity index (χ4v) is 3.54. The van der Waals surface area contributed by atoms with Gasteiger partial charge in [-0.15, -0.1) is 0 Å². The Labute approximate surface area is 155 Å². The van der Waals surface area contributed by atoms with Gasteiger partial charge in [0.1, 0.15) is 10.9 Å². The minimum atomic E-state index is -0.211. The van der Waals surface area contributed by atoms with Crippen LogP contribution in [0.2, 0.25) is 0 Å². The summed E-state index contributed by atoms with van der Waals surface area (Å²) >= 11 is 0. The molecule has 0 bridgehead atoms. The lowest BCUT2D eigenvalue weighted by Crippen LogP contribution is -2.45. The number of amides is 1.